The van der Waals surface area contributed by atoms with Crippen LogP contribution in [0.15, 0.2) is 135 Å². The number of fused-ring (bicyclic) bond motifs is 2. The lowest BCUT2D eigenvalue weighted by molar-refractivity contribution is 0.590. The molecule has 0 unspecified atom stereocenters. The summed E-state index contributed by atoms with van der Waals surface area (Å²) >= 11 is 28.0. The molecule has 8 rings (SSSR count). The number of aromatic nitrogens is 2. The summed E-state index contributed by atoms with van der Waals surface area (Å²) in [5.41, 5.74) is 15.6. The van der Waals surface area contributed by atoms with Gasteiger partial charge in [-0.25, -0.2) is 9.97 Å². The van der Waals surface area contributed by atoms with Crippen LogP contribution in [0.25, 0.3) is 45.1 Å². The number of nitrogen functional groups attached to an aromatic ring is 1. The van der Waals surface area contributed by atoms with Gasteiger partial charge in [0, 0.05) is 27.0 Å². The summed E-state index contributed by atoms with van der Waals surface area (Å²) in [6, 6.07) is 38.7. The minimum absolute atomic E-state index is 0.0263. The Bertz CT molecular complexity index is 2550. The lowest BCUT2D eigenvalue weighted by atomic mass is 9.87. The van der Waals surface area contributed by atoms with Crippen molar-refractivity contribution in [1.29, 1.82) is 0 Å². The van der Waals surface area contributed by atoms with Gasteiger partial charge in [0.2, 0.25) is 11.8 Å². The Morgan fingerprint density at radius 3 is 1.46 bits per heavy atom. The average Bonchev–Trinajstić information content (AvgIpc) is 3.81. The number of nitrogens with zero attached hydrogens (tertiary/aromatic N) is 2. The third-order valence-electron chi connectivity index (χ3n) is 8.90. The monoisotopic (exact) mass is 900 g/mol. The van der Waals surface area contributed by atoms with Crippen LogP contribution in [-0.2, 0) is 10.8 Å². The van der Waals surface area contributed by atoms with Crippen molar-refractivity contribution in [2.75, 3.05) is 11.1 Å². The minimum Gasteiger partial charge on any atom is -0.436 e. The molecule has 0 aliphatic heterocycles. The van der Waals surface area contributed by atoms with Crippen LogP contribution in [0.2, 0.25) is 20.1 Å². The summed E-state index contributed by atoms with van der Waals surface area (Å²) in [7, 11) is 0. The lowest BCUT2D eigenvalue weighted by Gasteiger charge is -2.21. The van der Waals surface area contributed by atoms with E-state index in [0.29, 0.717) is 31.9 Å². The maximum atomic E-state index is 6.42. The Morgan fingerprint density at radius 2 is 1.00 bits per heavy atom. The zero-order chi connectivity index (χ0) is 41.1. The summed E-state index contributed by atoms with van der Waals surface area (Å²) in [4.78, 5) is 8.94. The van der Waals surface area contributed by atoms with Crippen LogP contribution in [0.3, 0.4) is 0 Å². The first-order chi connectivity index (χ1) is 27.0. The molecule has 0 radical (unpaired) electrons. The van der Waals surface area contributed by atoms with Crippen molar-refractivity contribution in [2.24, 2.45) is 0 Å². The van der Waals surface area contributed by atoms with E-state index in [1.54, 1.807) is 0 Å². The van der Waals surface area contributed by atoms with Crippen molar-refractivity contribution in [3.63, 3.8) is 0 Å². The van der Waals surface area contributed by atoms with Gasteiger partial charge in [0.25, 0.3) is 0 Å². The molecule has 6 nitrogen and oxygen atoms in total. The standard InChI is InChI=1S/C23H20Cl2N2O.C13H10N2O.C10H11BrCl2/c1-23(2,3)15-12-17(24)21(25)19(13-15)26-16-10-8-14(9-11-16)22-27-18-6-4-5-7-20(18)28-22;14-10-7-5-9(6-8-10)13-15-11-3-1-2-4-12(11)16-13;1-10(2,3)6-4-7(11)9(13)8(12)5-6/h4-13,26H,1-3H3;1-8H,14H2;4-5H,1-3H3. The lowest BCUT2D eigenvalue weighted by Crippen LogP contribution is -2.11. The highest BCUT2D eigenvalue weighted by molar-refractivity contribution is 9.10. The van der Waals surface area contributed by atoms with Crippen molar-refractivity contribution in [3.8, 4) is 22.9 Å². The van der Waals surface area contributed by atoms with Gasteiger partial charge in [0.15, 0.2) is 11.2 Å². The van der Waals surface area contributed by atoms with E-state index in [2.05, 4.69) is 72.8 Å². The number of anilines is 3. The highest BCUT2D eigenvalue weighted by Gasteiger charge is 2.19. The summed E-state index contributed by atoms with van der Waals surface area (Å²) in [5.74, 6) is 1.23. The number of oxazole rings is 2. The van der Waals surface area contributed by atoms with Gasteiger partial charge in [-0.1, -0.05) is 112 Å². The van der Waals surface area contributed by atoms with Gasteiger partial charge in [-0.05, 0) is 135 Å². The molecule has 11 heteroatoms. The summed E-state index contributed by atoms with van der Waals surface area (Å²) in [6.45, 7) is 12.8. The number of hydrogen-bond acceptors (Lipinski definition) is 6. The Balaban J connectivity index is 0.000000160. The first kappa shape index (κ1) is 42.1. The van der Waals surface area contributed by atoms with Crippen LogP contribution < -0.4 is 11.1 Å². The second-order valence-electron chi connectivity index (χ2n) is 15.4. The molecule has 2 aromatic heterocycles. The van der Waals surface area contributed by atoms with Gasteiger partial charge in [-0.3, -0.25) is 0 Å². The SMILES string of the molecule is CC(C)(C)c1cc(Cl)c(Cl)c(Br)c1.CC(C)(C)c1cc(Cl)c(Cl)c(Nc2ccc(-c3nc4ccccc4o3)cc2)c1.Nc1ccc(-c2nc3ccccc3o2)cc1. The Labute approximate surface area is 361 Å². The quantitative estimate of drug-likeness (QED) is 0.135. The zero-order valence-electron chi connectivity index (χ0n) is 32.2. The molecular formula is C46H41BrCl4N4O2. The summed E-state index contributed by atoms with van der Waals surface area (Å²) in [6.07, 6.45) is 0. The summed E-state index contributed by atoms with van der Waals surface area (Å²) < 4.78 is 12.3. The average molecular weight is 904 g/mol. The highest BCUT2D eigenvalue weighted by Crippen LogP contribution is 2.38. The second kappa shape index (κ2) is 17.6. The fraction of sp³-hybridized carbons (Fsp3) is 0.174. The number of benzene rings is 6. The topological polar surface area (TPSA) is 90.1 Å². The number of nitrogens with two attached hydrogens (primary N) is 1. The van der Waals surface area contributed by atoms with Crippen LogP contribution in [-0.4, -0.2) is 9.97 Å². The van der Waals surface area contributed by atoms with Gasteiger partial charge in [-0.2, -0.15) is 0 Å². The largest absolute Gasteiger partial charge is 0.436 e. The molecule has 0 bridgehead atoms. The number of hydrogen-bond donors (Lipinski definition) is 2. The molecule has 0 fully saturated rings. The van der Waals surface area contributed by atoms with E-state index in [4.69, 9.17) is 61.0 Å². The van der Waals surface area contributed by atoms with Crippen LogP contribution in [0.1, 0.15) is 52.7 Å². The highest BCUT2D eigenvalue weighted by atomic mass is 79.9. The smallest absolute Gasteiger partial charge is 0.227 e. The molecular weight excluding hydrogens is 862 g/mol. The van der Waals surface area contributed by atoms with Crippen molar-refractivity contribution >= 4 is 102 Å². The molecule has 0 saturated heterocycles. The van der Waals surface area contributed by atoms with E-state index < -0.39 is 0 Å². The first-order valence-corrected chi connectivity index (χ1v) is 20.4. The fourth-order valence-corrected chi connectivity index (χ4v) is 6.85. The van der Waals surface area contributed by atoms with Gasteiger partial charge in [0.05, 0.1) is 25.8 Å². The van der Waals surface area contributed by atoms with Crippen LogP contribution in [0.5, 0.6) is 0 Å². The predicted molar refractivity (Wildman–Crippen MR) is 245 cm³/mol. The van der Waals surface area contributed by atoms with Crippen LogP contribution in [0, 0.1) is 0 Å². The van der Waals surface area contributed by atoms with E-state index in [1.807, 2.05) is 121 Å². The molecule has 0 amide bonds. The molecule has 292 valence electrons. The molecule has 0 spiro atoms. The maximum Gasteiger partial charge on any atom is 0.227 e. The molecule has 2 heterocycles. The number of halogens is 5. The molecule has 0 aliphatic rings. The predicted octanol–water partition coefficient (Wildman–Crippen LogP) is 16.0. The van der Waals surface area contributed by atoms with E-state index in [0.717, 1.165) is 60.4 Å². The third kappa shape index (κ3) is 10.5. The Kier molecular flexibility index (Phi) is 13.0. The minimum atomic E-state index is -0.0263. The van der Waals surface area contributed by atoms with E-state index >= 15 is 0 Å². The molecule has 0 saturated carbocycles. The van der Waals surface area contributed by atoms with Gasteiger partial charge < -0.3 is 19.9 Å². The second-order valence-corrected chi connectivity index (χ2v) is 17.8. The normalized spacial score (nSPS) is 11.5. The molecule has 0 atom stereocenters. The fourth-order valence-electron chi connectivity index (χ4n) is 5.57. The zero-order valence-corrected chi connectivity index (χ0v) is 36.8. The van der Waals surface area contributed by atoms with E-state index in [9.17, 15) is 0 Å². The molecule has 3 N–H and O–H groups in total. The van der Waals surface area contributed by atoms with Crippen molar-refractivity contribution in [2.45, 2.75) is 52.4 Å². The number of para-hydroxylation sites is 4. The Morgan fingerprint density at radius 1 is 0.561 bits per heavy atom. The summed E-state index contributed by atoms with van der Waals surface area (Å²) in [5, 5.41) is 5.59. The molecule has 6 aromatic carbocycles. The van der Waals surface area contributed by atoms with E-state index in [-0.39, 0.29) is 10.8 Å². The maximum absolute atomic E-state index is 6.42. The third-order valence-corrected chi connectivity index (χ3v) is 11.4. The Hall–Kier alpha value is -4.50. The van der Waals surface area contributed by atoms with Gasteiger partial charge >= 0.3 is 0 Å². The van der Waals surface area contributed by atoms with Crippen molar-refractivity contribution in [3.05, 3.63) is 157 Å². The van der Waals surface area contributed by atoms with Crippen molar-refractivity contribution < 1.29 is 8.83 Å². The number of nitrogens with one attached hydrogen (secondary N) is 1. The first-order valence-electron chi connectivity index (χ1n) is 18.1. The molecule has 8 aromatic rings. The van der Waals surface area contributed by atoms with Gasteiger partial charge in [0.1, 0.15) is 11.0 Å². The number of rotatable bonds is 4. The van der Waals surface area contributed by atoms with Crippen LogP contribution in [0.4, 0.5) is 17.1 Å². The van der Waals surface area contributed by atoms with E-state index in [1.165, 1.54) is 5.56 Å². The van der Waals surface area contributed by atoms with Crippen molar-refractivity contribution in [1.82, 2.24) is 9.97 Å². The van der Waals surface area contributed by atoms with Gasteiger partial charge in [-0.15, -0.1) is 0 Å². The molecule has 57 heavy (non-hydrogen) atoms. The van der Waals surface area contributed by atoms with Crippen LogP contribution >= 0.6 is 62.3 Å². The molecule has 0 aliphatic carbocycles.